The van der Waals surface area contributed by atoms with E-state index < -0.39 is 8.07 Å². The molecule has 0 aliphatic heterocycles. The lowest BCUT2D eigenvalue weighted by Gasteiger charge is -2.14. The Morgan fingerprint density at radius 1 is 1.25 bits per heavy atom. The van der Waals surface area contributed by atoms with Crippen molar-refractivity contribution in [2.24, 2.45) is 10.7 Å². The summed E-state index contributed by atoms with van der Waals surface area (Å²) in [6.07, 6.45) is 7.63. The maximum Gasteiger partial charge on any atom is 0.219 e. The van der Waals surface area contributed by atoms with Gasteiger partial charge in [-0.2, -0.15) is 0 Å². The molecule has 0 amide bonds. The molecule has 2 N–H and O–H groups in total. The minimum Gasteiger partial charge on any atom is -0.464 e. The Morgan fingerprint density at radius 3 is 2.78 bits per heavy atom. The van der Waals surface area contributed by atoms with Gasteiger partial charge < -0.3 is 24.4 Å². The molecule has 0 atom stereocenters. The molecular weight excluding hydrogens is 422 g/mol. The Morgan fingerprint density at radius 2 is 2.09 bits per heavy atom. The van der Waals surface area contributed by atoms with Crippen molar-refractivity contribution in [1.29, 1.82) is 0 Å². The fraction of sp³-hybridized carbons (Fsp3) is 0.292. The Bertz CT molecular complexity index is 1100. The SMILES string of the molecule is C[Si](C)(C)CCOCN=C(C=CN)c1ccc(Oc2ccc3c(CC=O)coc3c2)nc1. The van der Waals surface area contributed by atoms with Gasteiger partial charge in [0, 0.05) is 55.9 Å². The van der Waals surface area contributed by atoms with Crippen molar-refractivity contribution in [3.63, 3.8) is 0 Å². The number of carbonyl (C=O) groups excluding carboxylic acids is 1. The van der Waals surface area contributed by atoms with Gasteiger partial charge in [0.15, 0.2) is 0 Å². The summed E-state index contributed by atoms with van der Waals surface area (Å²) < 4.78 is 17.0. The number of rotatable bonds is 11. The van der Waals surface area contributed by atoms with Gasteiger partial charge in [0.25, 0.3) is 0 Å². The third kappa shape index (κ3) is 6.63. The molecule has 0 saturated carbocycles. The summed E-state index contributed by atoms with van der Waals surface area (Å²) in [5, 5.41) is 0.897. The highest BCUT2D eigenvalue weighted by molar-refractivity contribution is 6.76. The van der Waals surface area contributed by atoms with Crippen LogP contribution in [-0.2, 0) is 16.0 Å². The van der Waals surface area contributed by atoms with Crippen LogP contribution in [0.2, 0.25) is 25.7 Å². The number of allylic oxidation sites excluding steroid dienone is 1. The lowest BCUT2D eigenvalue weighted by Crippen LogP contribution is -2.21. The number of fused-ring (bicyclic) bond motifs is 1. The van der Waals surface area contributed by atoms with Gasteiger partial charge in [0.05, 0.1) is 12.0 Å². The molecule has 0 saturated heterocycles. The monoisotopic (exact) mass is 451 g/mol. The van der Waals surface area contributed by atoms with E-state index in [1.807, 2.05) is 18.2 Å². The second kappa shape index (κ2) is 10.9. The Labute approximate surface area is 189 Å². The van der Waals surface area contributed by atoms with Crippen molar-refractivity contribution in [3.05, 3.63) is 66.2 Å². The van der Waals surface area contributed by atoms with Gasteiger partial charge in [-0.05, 0) is 36.5 Å². The first-order valence-electron chi connectivity index (χ1n) is 10.5. The van der Waals surface area contributed by atoms with Gasteiger partial charge in [-0.3, -0.25) is 4.99 Å². The normalized spacial score (nSPS) is 12.5. The number of aromatic nitrogens is 1. The smallest absolute Gasteiger partial charge is 0.219 e. The zero-order valence-electron chi connectivity index (χ0n) is 18.7. The Balaban J connectivity index is 1.65. The van der Waals surface area contributed by atoms with Crippen LogP contribution in [0.1, 0.15) is 11.1 Å². The number of ether oxygens (including phenoxy) is 2. The molecule has 2 aromatic heterocycles. The topological polar surface area (TPSA) is 99.9 Å². The molecule has 2 heterocycles. The average Bonchev–Trinajstić information content (AvgIpc) is 3.15. The molecule has 0 fully saturated rings. The van der Waals surface area contributed by atoms with Gasteiger partial charge in [-0.25, -0.2) is 4.98 Å². The second-order valence-corrected chi connectivity index (χ2v) is 14.1. The zero-order chi connectivity index (χ0) is 23.0. The van der Waals surface area contributed by atoms with Crippen LogP contribution in [0.4, 0.5) is 0 Å². The average molecular weight is 452 g/mol. The third-order valence-electron chi connectivity index (χ3n) is 4.76. The zero-order valence-corrected chi connectivity index (χ0v) is 19.7. The minimum absolute atomic E-state index is 0.275. The van der Waals surface area contributed by atoms with Crippen LogP contribution in [-0.4, -0.2) is 38.4 Å². The lowest BCUT2D eigenvalue weighted by molar-refractivity contribution is -0.107. The lowest BCUT2D eigenvalue weighted by atomic mass is 10.1. The Kier molecular flexibility index (Phi) is 7.96. The van der Waals surface area contributed by atoms with E-state index in [4.69, 9.17) is 19.6 Å². The van der Waals surface area contributed by atoms with E-state index in [0.717, 1.165) is 28.8 Å². The summed E-state index contributed by atoms with van der Waals surface area (Å²) in [4.78, 5) is 19.6. The van der Waals surface area contributed by atoms with Crippen molar-refractivity contribution in [1.82, 2.24) is 4.98 Å². The summed E-state index contributed by atoms with van der Waals surface area (Å²) in [6, 6.07) is 10.2. The van der Waals surface area contributed by atoms with Crippen LogP contribution in [0.3, 0.4) is 0 Å². The van der Waals surface area contributed by atoms with Crippen LogP contribution >= 0.6 is 0 Å². The molecule has 3 aromatic rings. The standard InChI is InChI=1S/C24H29N3O4Si/c1-32(2,3)13-12-29-17-27-22(8-10-25)18-4-7-24(26-15-18)31-20-5-6-21-19(9-11-28)16-30-23(21)14-20/h4-8,10-11,14-16H,9,12-13,17,25H2,1-3H3. The molecule has 0 unspecified atom stereocenters. The van der Waals surface area contributed by atoms with Crippen molar-refractivity contribution in [2.45, 2.75) is 32.1 Å². The number of aliphatic imine (C=N–C) groups is 1. The molecular formula is C24H29N3O4Si. The van der Waals surface area contributed by atoms with Crippen molar-refractivity contribution in [3.8, 4) is 11.6 Å². The van der Waals surface area contributed by atoms with Crippen LogP contribution in [0, 0.1) is 0 Å². The number of furan rings is 1. The predicted octanol–water partition coefficient (Wildman–Crippen LogP) is 4.94. The summed E-state index contributed by atoms with van der Waals surface area (Å²) in [6.45, 7) is 7.93. The largest absolute Gasteiger partial charge is 0.464 e. The van der Waals surface area contributed by atoms with E-state index in [1.165, 1.54) is 6.20 Å². The molecule has 8 heteroatoms. The van der Waals surface area contributed by atoms with Crippen LogP contribution < -0.4 is 10.5 Å². The van der Waals surface area contributed by atoms with Gasteiger partial charge in [0.1, 0.15) is 24.3 Å². The molecule has 1 aromatic carbocycles. The highest BCUT2D eigenvalue weighted by Gasteiger charge is 2.12. The second-order valence-electron chi connectivity index (χ2n) is 8.53. The molecule has 0 radical (unpaired) electrons. The number of nitrogens with two attached hydrogens (primary N) is 1. The summed E-state index contributed by atoms with van der Waals surface area (Å²) in [5.74, 6) is 1.03. The number of nitrogens with zero attached hydrogens (tertiary/aromatic N) is 2. The number of hydrogen-bond donors (Lipinski definition) is 1. The molecule has 0 aliphatic rings. The van der Waals surface area contributed by atoms with E-state index in [1.54, 1.807) is 30.7 Å². The van der Waals surface area contributed by atoms with E-state index in [0.29, 0.717) is 36.0 Å². The number of aldehydes is 1. The summed E-state index contributed by atoms with van der Waals surface area (Å²) in [7, 11) is -1.12. The number of pyridine rings is 1. The summed E-state index contributed by atoms with van der Waals surface area (Å²) in [5.41, 5.74) is 8.60. The number of carbonyl (C=O) groups is 1. The fourth-order valence-corrected chi connectivity index (χ4v) is 3.73. The molecule has 32 heavy (non-hydrogen) atoms. The number of hydrogen-bond acceptors (Lipinski definition) is 7. The maximum atomic E-state index is 10.8. The van der Waals surface area contributed by atoms with Gasteiger partial charge in [-0.1, -0.05) is 19.6 Å². The molecule has 3 rings (SSSR count). The van der Waals surface area contributed by atoms with Gasteiger partial charge in [0.2, 0.25) is 5.88 Å². The molecule has 168 valence electrons. The highest BCUT2D eigenvalue weighted by atomic mass is 28.3. The first-order valence-corrected chi connectivity index (χ1v) is 14.2. The Hall–Kier alpha value is -3.23. The van der Waals surface area contributed by atoms with Crippen LogP contribution in [0.5, 0.6) is 11.6 Å². The molecule has 0 aliphatic carbocycles. The molecule has 0 bridgehead atoms. The van der Waals surface area contributed by atoms with E-state index >= 15 is 0 Å². The first kappa shape index (κ1) is 23.4. The molecule has 0 spiro atoms. The van der Waals surface area contributed by atoms with E-state index in [2.05, 4.69) is 29.6 Å². The van der Waals surface area contributed by atoms with Crippen molar-refractivity contribution >= 4 is 31.0 Å². The molecule has 7 nitrogen and oxygen atoms in total. The van der Waals surface area contributed by atoms with Crippen molar-refractivity contribution in [2.75, 3.05) is 13.3 Å². The highest BCUT2D eigenvalue weighted by Crippen LogP contribution is 2.28. The first-order chi connectivity index (χ1) is 15.4. The van der Waals surface area contributed by atoms with Crippen LogP contribution in [0.15, 0.2) is 64.5 Å². The predicted molar refractivity (Wildman–Crippen MR) is 129 cm³/mol. The van der Waals surface area contributed by atoms with Crippen molar-refractivity contribution < 1.29 is 18.7 Å². The number of benzene rings is 1. The van der Waals surface area contributed by atoms with Gasteiger partial charge >= 0.3 is 0 Å². The van der Waals surface area contributed by atoms with Crippen LogP contribution in [0.25, 0.3) is 11.0 Å². The summed E-state index contributed by atoms with van der Waals surface area (Å²) >= 11 is 0. The third-order valence-corrected chi connectivity index (χ3v) is 6.47. The quantitative estimate of drug-likeness (QED) is 0.192. The minimum atomic E-state index is -1.12. The fourth-order valence-electron chi connectivity index (χ4n) is 2.98. The van der Waals surface area contributed by atoms with E-state index in [9.17, 15) is 4.79 Å². The van der Waals surface area contributed by atoms with Gasteiger partial charge in [-0.15, -0.1) is 0 Å². The maximum absolute atomic E-state index is 10.8. The van der Waals surface area contributed by atoms with E-state index in [-0.39, 0.29) is 6.73 Å².